The largest absolute Gasteiger partial charge is 0.319 e. The molecule has 0 bridgehead atoms. The number of amides is 1. The fraction of sp³-hybridized carbons (Fsp3) is 0.174. The van der Waals surface area contributed by atoms with Crippen molar-refractivity contribution in [1.29, 1.82) is 0 Å². The minimum absolute atomic E-state index is 0.273. The smallest absolute Gasteiger partial charge is 0.255 e. The molecule has 0 spiro atoms. The zero-order valence-electron chi connectivity index (χ0n) is 17.7. The Balaban J connectivity index is 1.42. The van der Waals surface area contributed by atoms with E-state index in [1.165, 1.54) is 12.4 Å². The summed E-state index contributed by atoms with van der Waals surface area (Å²) in [5.74, 6) is -6.61. The highest BCUT2D eigenvalue weighted by Crippen LogP contribution is 2.20. The molecule has 2 heterocycles. The summed E-state index contributed by atoms with van der Waals surface area (Å²) in [5, 5.41) is 11.0. The SMILES string of the molecule is Cc1cc(C)n(Cc2ccc(C(=O)Nc3cnn(Cc4c(F)cc(F)c(F)c4F)c3)cc2)n1. The molecular weight excluding hydrogens is 438 g/mol. The van der Waals surface area contributed by atoms with Gasteiger partial charge in [-0.1, -0.05) is 12.1 Å². The second-order valence-electron chi connectivity index (χ2n) is 7.61. The third-order valence-corrected chi connectivity index (χ3v) is 5.07. The van der Waals surface area contributed by atoms with E-state index in [1.54, 1.807) is 12.1 Å². The molecular formula is C23H19F4N5O. The minimum atomic E-state index is -1.76. The molecule has 33 heavy (non-hydrogen) atoms. The lowest BCUT2D eigenvalue weighted by atomic mass is 10.1. The van der Waals surface area contributed by atoms with Gasteiger partial charge in [-0.3, -0.25) is 14.2 Å². The topological polar surface area (TPSA) is 64.7 Å². The van der Waals surface area contributed by atoms with E-state index in [9.17, 15) is 22.4 Å². The summed E-state index contributed by atoms with van der Waals surface area (Å²) in [6.45, 7) is 3.98. The zero-order chi connectivity index (χ0) is 23.7. The lowest BCUT2D eigenvalue weighted by Gasteiger charge is -2.07. The van der Waals surface area contributed by atoms with Crippen LogP contribution in [0, 0.1) is 37.1 Å². The highest BCUT2D eigenvalue weighted by Gasteiger charge is 2.19. The molecule has 1 N–H and O–H groups in total. The van der Waals surface area contributed by atoms with Crippen LogP contribution in [0.15, 0.2) is 48.8 Å². The first-order chi connectivity index (χ1) is 15.7. The minimum Gasteiger partial charge on any atom is -0.319 e. The van der Waals surface area contributed by atoms with Gasteiger partial charge in [0.1, 0.15) is 5.82 Å². The van der Waals surface area contributed by atoms with E-state index in [2.05, 4.69) is 15.5 Å². The van der Waals surface area contributed by atoms with Gasteiger partial charge in [-0.15, -0.1) is 0 Å². The number of carbonyl (C=O) groups excluding carboxylic acids is 1. The molecule has 170 valence electrons. The van der Waals surface area contributed by atoms with E-state index in [4.69, 9.17) is 0 Å². The van der Waals surface area contributed by atoms with Crippen LogP contribution in [-0.4, -0.2) is 25.5 Å². The molecule has 0 unspecified atom stereocenters. The Morgan fingerprint density at radius 2 is 1.70 bits per heavy atom. The number of aryl methyl sites for hydroxylation is 2. The van der Waals surface area contributed by atoms with Crippen LogP contribution in [0.25, 0.3) is 0 Å². The molecule has 0 radical (unpaired) electrons. The Labute approximate surface area is 186 Å². The van der Waals surface area contributed by atoms with E-state index in [0.29, 0.717) is 12.1 Å². The predicted octanol–water partition coefficient (Wildman–Crippen LogP) is 4.60. The summed E-state index contributed by atoms with van der Waals surface area (Å²) in [6.07, 6.45) is 2.61. The van der Waals surface area contributed by atoms with Gasteiger partial charge in [-0.05, 0) is 37.6 Å². The molecule has 0 fully saturated rings. The van der Waals surface area contributed by atoms with Crippen molar-refractivity contribution in [1.82, 2.24) is 19.6 Å². The van der Waals surface area contributed by atoms with Gasteiger partial charge in [0.15, 0.2) is 17.5 Å². The number of rotatable bonds is 6. The number of nitrogens with one attached hydrogen (secondary N) is 1. The Morgan fingerprint density at radius 1 is 0.970 bits per heavy atom. The first-order valence-corrected chi connectivity index (χ1v) is 9.97. The second-order valence-corrected chi connectivity index (χ2v) is 7.61. The van der Waals surface area contributed by atoms with Gasteiger partial charge >= 0.3 is 0 Å². The molecule has 0 aliphatic heterocycles. The van der Waals surface area contributed by atoms with Crippen LogP contribution in [0.2, 0.25) is 0 Å². The van der Waals surface area contributed by atoms with Gasteiger partial charge in [0.2, 0.25) is 0 Å². The zero-order valence-corrected chi connectivity index (χ0v) is 17.7. The van der Waals surface area contributed by atoms with E-state index in [-0.39, 0.29) is 11.8 Å². The number of halogens is 4. The lowest BCUT2D eigenvalue weighted by Crippen LogP contribution is -2.12. The van der Waals surface area contributed by atoms with E-state index >= 15 is 0 Å². The van der Waals surface area contributed by atoms with Crippen LogP contribution >= 0.6 is 0 Å². The van der Waals surface area contributed by atoms with E-state index in [1.807, 2.05) is 36.7 Å². The van der Waals surface area contributed by atoms with E-state index in [0.717, 1.165) is 21.6 Å². The van der Waals surface area contributed by atoms with Crippen molar-refractivity contribution in [3.8, 4) is 0 Å². The maximum Gasteiger partial charge on any atom is 0.255 e. The summed E-state index contributed by atoms with van der Waals surface area (Å²) >= 11 is 0. The van der Waals surface area contributed by atoms with Crippen LogP contribution in [-0.2, 0) is 13.1 Å². The van der Waals surface area contributed by atoms with Crippen LogP contribution in [0.4, 0.5) is 23.2 Å². The Bertz CT molecular complexity index is 1330. The van der Waals surface area contributed by atoms with Crippen molar-refractivity contribution in [3.63, 3.8) is 0 Å². The average molecular weight is 457 g/mol. The van der Waals surface area contributed by atoms with Gasteiger partial charge < -0.3 is 5.32 Å². The van der Waals surface area contributed by atoms with Crippen LogP contribution in [0.1, 0.15) is 32.9 Å². The Morgan fingerprint density at radius 3 is 2.36 bits per heavy atom. The molecule has 4 rings (SSSR count). The molecule has 0 aliphatic carbocycles. The second kappa shape index (κ2) is 8.89. The molecule has 0 atom stereocenters. The van der Waals surface area contributed by atoms with Gasteiger partial charge in [0.05, 0.1) is 30.7 Å². The first-order valence-electron chi connectivity index (χ1n) is 9.97. The lowest BCUT2D eigenvalue weighted by molar-refractivity contribution is 0.102. The van der Waals surface area contributed by atoms with Crippen LogP contribution in [0.5, 0.6) is 0 Å². The summed E-state index contributed by atoms with van der Waals surface area (Å²) in [5.41, 5.74) is 2.94. The Hall–Kier alpha value is -3.95. The molecule has 1 amide bonds. The molecule has 0 saturated carbocycles. The molecule has 0 aliphatic rings. The highest BCUT2D eigenvalue weighted by atomic mass is 19.2. The van der Waals surface area contributed by atoms with Gasteiger partial charge in [-0.2, -0.15) is 10.2 Å². The summed E-state index contributed by atoms with van der Waals surface area (Å²) in [6, 6.07) is 9.25. The number of hydrogen-bond acceptors (Lipinski definition) is 3. The molecule has 2 aromatic carbocycles. The quantitative estimate of drug-likeness (QED) is 0.262. The summed E-state index contributed by atoms with van der Waals surface area (Å²) in [4.78, 5) is 12.5. The number of nitrogens with zero attached hydrogens (tertiary/aromatic N) is 4. The Kier molecular flexibility index (Phi) is 5.99. The summed E-state index contributed by atoms with van der Waals surface area (Å²) < 4.78 is 57.2. The van der Waals surface area contributed by atoms with E-state index < -0.39 is 41.3 Å². The molecule has 4 aromatic rings. The fourth-order valence-corrected chi connectivity index (χ4v) is 3.40. The van der Waals surface area contributed by atoms with Crippen molar-refractivity contribution in [2.24, 2.45) is 0 Å². The number of benzene rings is 2. The molecule has 10 heteroatoms. The standard InChI is InChI=1S/C23H19F4N5O/c1-13-7-14(2)32(30-13)10-15-3-5-16(6-4-15)23(33)29-17-9-28-31(11-17)12-18-19(24)8-20(25)22(27)21(18)26/h3-9,11H,10,12H2,1-2H3,(H,29,33). The van der Waals surface area contributed by atoms with Crippen molar-refractivity contribution >= 4 is 11.6 Å². The summed E-state index contributed by atoms with van der Waals surface area (Å²) in [7, 11) is 0. The monoisotopic (exact) mass is 457 g/mol. The van der Waals surface area contributed by atoms with Crippen molar-refractivity contribution in [3.05, 3.63) is 100 Å². The van der Waals surface area contributed by atoms with Crippen molar-refractivity contribution in [2.45, 2.75) is 26.9 Å². The third kappa shape index (κ3) is 4.79. The van der Waals surface area contributed by atoms with Gasteiger partial charge in [0, 0.05) is 29.1 Å². The molecule has 2 aromatic heterocycles. The molecule has 0 saturated heterocycles. The first kappa shape index (κ1) is 22.3. The third-order valence-electron chi connectivity index (χ3n) is 5.07. The van der Waals surface area contributed by atoms with Crippen molar-refractivity contribution < 1.29 is 22.4 Å². The van der Waals surface area contributed by atoms with Gasteiger partial charge in [-0.25, -0.2) is 17.6 Å². The maximum absolute atomic E-state index is 13.9. The number of carbonyl (C=O) groups is 1. The maximum atomic E-state index is 13.9. The number of anilines is 1. The van der Waals surface area contributed by atoms with Gasteiger partial charge in [0.25, 0.3) is 5.91 Å². The fourth-order valence-electron chi connectivity index (χ4n) is 3.40. The van der Waals surface area contributed by atoms with Crippen LogP contribution < -0.4 is 5.32 Å². The normalized spacial score (nSPS) is 11.1. The molecule has 6 nitrogen and oxygen atoms in total. The van der Waals surface area contributed by atoms with Crippen LogP contribution in [0.3, 0.4) is 0 Å². The number of hydrogen-bond donors (Lipinski definition) is 1. The van der Waals surface area contributed by atoms with Crippen molar-refractivity contribution in [2.75, 3.05) is 5.32 Å². The predicted molar refractivity (Wildman–Crippen MR) is 113 cm³/mol. The average Bonchev–Trinajstić information content (AvgIpc) is 3.35. The highest BCUT2D eigenvalue weighted by molar-refractivity contribution is 6.04. The number of aromatic nitrogens is 4.